The molecule has 1 aliphatic heterocycles. The molecule has 0 saturated carbocycles. The average Bonchev–Trinajstić information content (AvgIpc) is 2.68. The van der Waals surface area contributed by atoms with E-state index in [9.17, 15) is 9.59 Å². The van der Waals surface area contributed by atoms with Gasteiger partial charge in [0, 0.05) is 12.1 Å². The van der Waals surface area contributed by atoms with Gasteiger partial charge in [-0.05, 0) is 36.6 Å². The summed E-state index contributed by atoms with van der Waals surface area (Å²) in [5.74, 6) is 0.670. The van der Waals surface area contributed by atoms with Crippen LogP contribution in [0.25, 0.3) is 6.08 Å². The number of benzene rings is 1. The molecule has 6 nitrogen and oxygen atoms in total. The minimum Gasteiger partial charge on any atom is -0.493 e. The number of amides is 2. The van der Waals surface area contributed by atoms with Gasteiger partial charge in [0.25, 0.3) is 11.8 Å². The lowest BCUT2D eigenvalue weighted by Crippen LogP contribution is -2.40. The third-order valence-electron chi connectivity index (χ3n) is 4.19. The highest BCUT2D eigenvalue weighted by molar-refractivity contribution is 6.43. The number of hydrogen-bond donors (Lipinski definition) is 0. The number of imide groups is 1. The molecule has 146 valence electrons. The number of halogens is 1. The maximum atomic E-state index is 12.9. The van der Waals surface area contributed by atoms with Crippen molar-refractivity contribution in [3.8, 4) is 17.2 Å². The second-order valence-corrected chi connectivity index (χ2v) is 6.39. The van der Waals surface area contributed by atoms with Crippen LogP contribution in [-0.4, -0.2) is 44.6 Å². The van der Waals surface area contributed by atoms with E-state index in [2.05, 4.69) is 0 Å². The molecule has 0 N–H and O–H groups in total. The zero-order chi connectivity index (χ0) is 20.0. The fourth-order valence-electron chi connectivity index (χ4n) is 2.90. The number of carbonyl (C=O) groups is 2. The third-order valence-corrected chi connectivity index (χ3v) is 4.51. The molecule has 1 heterocycles. The first-order chi connectivity index (χ1) is 13.0. The number of methoxy groups -OCH3 is 3. The maximum Gasteiger partial charge on any atom is 0.271 e. The summed E-state index contributed by atoms with van der Waals surface area (Å²) in [6.07, 6.45) is 5.22. The van der Waals surface area contributed by atoms with Crippen molar-refractivity contribution < 1.29 is 23.8 Å². The molecule has 7 heteroatoms. The molecule has 0 atom stereocenters. The number of nitrogens with zero attached hydrogens (tertiary/aromatic N) is 1. The van der Waals surface area contributed by atoms with Gasteiger partial charge in [0.2, 0.25) is 5.75 Å². The quantitative estimate of drug-likeness (QED) is 0.659. The summed E-state index contributed by atoms with van der Waals surface area (Å²) >= 11 is 5.91. The Bertz CT molecular complexity index is 760. The molecule has 1 aliphatic rings. The number of rotatable bonds is 7. The van der Waals surface area contributed by atoms with E-state index in [1.807, 2.05) is 6.92 Å². The Kier molecular flexibility index (Phi) is 7.30. The van der Waals surface area contributed by atoms with Gasteiger partial charge in [0.05, 0.1) is 21.3 Å². The van der Waals surface area contributed by atoms with Crippen molar-refractivity contribution in [3.05, 3.63) is 34.4 Å². The van der Waals surface area contributed by atoms with Gasteiger partial charge < -0.3 is 14.2 Å². The lowest BCUT2D eigenvalue weighted by molar-refractivity contribution is -0.140. The maximum absolute atomic E-state index is 12.9. The van der Waals surface area contributed by atoms with E-state index in [0.717, 1.165) is 6.42 Å². The van der Waals surface area contributed by atoms with Crippen molar-refractivity contribution in [2.24, 2.45) is 0 Å². The van der Waals surface area contributed by atoms with Gasteiger partial charge >= 0.3 is 0 Å². The van der Waals surface area contributed by atoms with Crippen LogP contribution in [0.4, 0.5) is 0 Å². The van der Waals surface area contributed by atoms with Gasteiger partial charge in [-0.2, -0.15) is 0 Å². The van der Waals surface area contributed by atoms with Gasteiger partial charge in [0.1, 0.15) is 5.03 Å². The Hall–Kier alpha value is -2.47. The van der Waals surface area contributed by atoms with E-state index in [1.54, 1.807) is 24.3 Å². The van der Waals surface area contributed by atoms with E-state index in [1.165, 1.54) is 26.2 Å². The summed E-state index contributed by atoms with van der Waals surface area (Å²) in [5.41, 5.74) is 1.24. The topological polar surface area (TPSA) is 65.1 Å². The van der Waals surface area contributed by atoms with Crippen molar-refractivity contribution >= 4 is 29.5 Å². The molecule has 0 spiro atoms. The zero-order valence-corrected chi connectivity index (χ0v) is 16.8. The second kappa shape index (κ2) is 9.46. The lowest BCUT2D eigenvalue weighted by Gasteiger charge is -2.24. The molecule has 0 aliphatic carbocycles. The highest BCUT2D eigenvalue weighted by atomic mass is 35.5. The molecule has 0 unspecified atom stereocenters. The first-order valence-electron chi connectivity index (χ1n) is 8.69. The number of carbonyl (C=O) groups excluding carboxylic acids is 2. The molecule has 0 bridgehead atoms. The molecule has 2 rings (SSSR count). The van der Waals surface area contributed by atoms with E-state index < -0.39 is 5.91 Å². The Labute approximate surface area is 164 Å². The van der Waals surface area contributed by atoms with E-state index in [4.69, 9.17) is 25.8 Å². The van der Waals surface area contributed by atoms with Gasteiger partial charge in [-0.25, -0.2) is 0 Å². The molecule has 0 aromatic heterocycles. The van der Waals surface area contributed by atoms with Crippen LogP contribution < -0.4 is 14.2 Å². The Balaban J connectivity index is 2.44. The van der Waals surface area contributed by atoms with Crippen molar-refractivity contribution in [1.29, 1.82) is 0 Å². The summed E-state index contributed by atoms with van der Waals surface area (Å²) in [4.78, 5) is 26.4. The molecule has 1 aromatic carbocycles. The van der Waals surface area contributed by atoms with Crippen LogP contribution in [-0.2, 0) is 9.59 Å². The fourth-order valence-corrected chi connectivity index (χ4v) is 3.11. The summed E-state index contributed by atoms with van der Waals surface area (Å²) in [5, 5.41) is 0.0817. The molecular weight excluding hydrogens is 370 g/mol. The Morgan fingerprint density at radius 2 is 1.81 bits per heavy atom. The van der Waals surface area contributed by atoms with Gasteiger partial charge in [-0.3, -0.25) is 14.5 Å². The Morgan fingerprint density at radius 1 is 1.19 bits per heavy atom. The van der Waals surface area contributed by atoms with Crippen molar-refractivity contribution in [2.75, 3.05) is 27.9 Å². The normalized spacial score (nSPS) is 14.7. The molecule has 0 saturated heterocycles. The molecule has 2 amide bonds. The van der Waals surface area contributed by atoms with Gasteiger partial charge in [-0.1, -0.05) is 31.0 Å². The standard InChI is InChI=1S/C20H24ClNO5/c1-5-7-14(19(23)22-9-6-8-15(21)20(22)24)10-13-11-16(25-2)18(27-4)17(12-13)26-3/h8,10-12H,5-7,9H2,1-4H3/b14-10+. The van der Waals surface area contributed by atoms with Crippen LogP contribution in [0.15, 0.2) is 28.8 Å². The fraction of sp³-hybridized carbons (Fsp3) is 0.400. The minimum absolute atomic E-state index is 0.0817. The highest BCUT2D eigenvalue weighted by Crippen LogP contribution is 2.39. The smallest absolute Gasteiger partial charge is 0.271 e. The first kappa shape index (κ1) is 20.8. The van der Waals surface area contributed by atoms with Crippen LogP contribution in [0.2, 0.25) is 0 Å². The highest BCUT2D eigenvalue weighted by Gasteiger charge is 2.28. The Morgan fingerprint density at radius 3 is 2.33 bits per heavy atom. The number of ether oxygens (including phenoxy) is 3. The van der Waals surface area contributed by atoms with Crippen molar-refractivity contribution in [1.82, 2.24) is 4.90 Å². The lowest BCUT2D eigenvalue weighted by atomic mass is 10.0. The summed E-state index contributed by atoms with van der Waals surface area (Å²) in [7, 11) is 4.59. The molecular formula is C20H24ClNO5. The van der Waals surface area contributed by atoms with Crippen LogP contribution in [0, 0.1) is 0 Å². The predicted molar refractivity (Wildman–Crippen MR) is 104 cm³/mol. The molecule has 1 aromatic rings. The number of hydrogen-bond acceptors (Lipinski definition) is 5. The summed E-state index contributed by atoms with van der Waals surface area (Å²) in [6, 6.07) is 3.52. The van der Waals surface area contributed by atoms with Crippen LogP contribution >= 0.6 is 11.6 Å². The monoisotopic (exact) mass is 393 g/mol. The van der Waals surface area contributed by atoms with Gasteiger partial charge in [0.15, 0.2) is 11.5 Å². The van der Waals surface area contributed by atoms with E-state index in [-0.39, 0.29) is 10.9 Å². The third kappa shape index (κ3) is 4.63. The average molecular weight is 394 g/mol. The van der Waals surface area contributed by atoms with E-state index in [0.29, 0.717) is 47.8 Å². The van der Waals surface area contributed by atoms with Crippen LogP contribution in [0.3, 0.4) is 0 Å². The molecule has 27 heavy (non-hydrogen) atoms. The zero-order valence-electron chi connectivity index (χ0n) is 16.0. The van der Waals surface area contributed by atoms with Crippen molar-refractivity contribution in [3.63, 3.8) is 0 Å². The van der Waals surface area contributed by atoms with Crippen LogP contribution in [0.1, 0.15) is 31.7 Å². The first-order valence-corrected chi connectivity index (χ1v) is 9.07. The SMILES string of the molecule is CCC/C(=C\c1cc(OC)c(OC)c(OC)c1)C(=O)N1CCC=C(Cl)C1=O. The largest absolute Gasteiger partial charge is 0.493 e. The molecule has 0 radical (unpaired) electrons. The summed E-state index contributed by atoms with van der Waals surface area (Å²) < 4.78 is 16.0. The minimum atomic E-state index is -0.459. The second-order valence-electron chi connectivity index (χ2n) is 5.98. The van der Waals surface area contributed by atoms with Crippen LogP contribution in [0.5, 0.6) is 17.2 Å². The van der Waals surface area contributed by atoms with Gasteiger partial charge in [-0.15, -0.1) is 0 Å². The van der Waals surface area contributed by atoms with Crippen molar-refractivity contribution in [2.45, 2.75) is 26.2 Å². The van der Waals surface area contributed by atoms with E-state index >= 15 is 0 Å². The molecule has 0 fully saturated rings. The predicted octanol–water partition coefficient (Wildman–Crippen LogP) is 3.78. The summed E-state index contributed by atoms with van der Waals surface area (Å²) in [6.45, 7) is 2.30.